The lowest BCUT2D eigenvalue weighted by atomic mass is 9.47. The van der Waals surface area contributed by atoms with Gasteiger partial charge in [0, 0.05) is 25.7 Å². The minimum atomic E-state index is -0.692. The molecule has 0 aromatic heterocycles. The van der Waals surface area contributed by atoms with E-state index in [1.54, 1.807) is 0 Å². The van der Waals surface area contributed by atoms with E-state index in [0.29, 0.717) is 18.8 Å². The van der Waals surface area contributed by atoms with Gasteiger partial charge in [-0.05, 0) is 55.3 Å². The molecule has 0 saturated heterocycles. The van der Waals surface area contributed by atoms with E-state index in [0.717, 1.165) is 25.7 Å². The van der Waals surface area contributed by atoms with Crippen molar-refractivity contribution in [3.63, 3.8) is 0 Å². The summed E-state index contributed by atoms with van der Waals surface area (Å²) in [5.41, 5.74) is 0.841. The third kappa shape index (κ3) is 3.23. The predicted octanol–water partition coefficient (Wildman–Crippen LogP) is 2.75. The zero-order valence-corrected chi connectivity index (χ0v) is 17.9. The van der Waals surface area contributed by atoms with Crippen LogP contribution >= 0.6 is 0 Å². The van der Waals surface area contributed by atoms with Crippen molar-refractivity contribution < 1.29 is 29.3 Å². The molecule has 0 aliphatic heterocycles. The highest BCUT2D eigenvalue weighted by Gasteiger charge is 2.63. The normalized spacial score (nSPS) is 48.6. The fourth-order valence-electron chi connectivity index (χ4n) is 7.24. The van der Waals surface area contributed by atoms with Gasteiger partial charge >= 0.3 is 11.9 Å². The molecule has 0 heterocycles. The summed E-state index contributed by atoms with van der Waals surface area (Å²) in [6.07, 6.45) is 4.98. The summed E-state index contributed by atoms with van der Waals surface area (Å²) in [4.78, 5) is 22.9. The molecule has 3 unspecified atom stereocenters. The van der Waals surface area contributed by atoms with E-state index in [9.17, 15) is 19.8 Å². The van der Waals surface area contributed by atoms with Crippen LogP contribution in [0, 0.1) is 28.6 Å². The second-order valence-corrected chi connectivity index (χ2v) is 10.2. The van der Waals surface area contributed by atoms with Gasteiger partial charge < -0.3 is 19.7 Å². The smallest absolute Gasteiger partial charge is 0.302 e. The summed E-state index contributed by atoms with van der Waals surface area (Å²) >= 11 is 0. The highest BCUT2D eigenvalue weighted by atomic mass is 16.6. The second kappa shape index (κ2) is 7.09. The van der Waals surface area contributed by atoms with Gasteiger partial charge in [-0.3, -0.25) is 9.59 Å². The zero-order valence-electron chi connectivity index (χ0n) is 17.9. The number of fused-ring (bicyclic) bond motifs is 5. The van der Waals surface area contributed by atoms with Crippen LogP contribution in [0.25, 0.3) is 0 Å². The Morgan fingerprint density at radius 2 is 1.72 bits per heavy atom. The molecule has 0 spiro atoms. The Balaban J connectivity index is 1.63. The van der Waals surface area contributed by atoms with Gasteiger partial charge in [-0.15, -0.1) is 0 Å². The quantitative estimate of drug-likeness (QED) is 0.541. The monoisotopic (exact) mass is 406 g/mol. The average molecular weight is 407 g/mol. The van der Waals surface area contributed by atoms with Gasteiger partial charge in [0.15, 0.2) is 0 Å². The lowest BCUT2D eigenvalue weighted by molar-refractivity contribution is -0.155. The van der Waals surface area contributed by atoms with Crippen LogP contribution in [-0.4, -0.2) is 46.6 Å². The van der Waals surface area contributed by atoms with Crippen molar-refractivity contribution in [2.24, 2.45) is 28.6 Å². The SMILES string of the molecule is CC(=O)O[C@@H]1CC[C@@]2(C)C(=C[C@H](O)C3C2CC[C@@]2(C)C3C[C@@H](OC(C)=O)[C@@H]2O)C1. The molecule has 0 aromatic carbocycles. The van der Waals surface area contributed by atoms with E-state index < -0.39 is 18.3 Å². The predicted molar refractivity (Wildman–Crippen MR) is 106 cm³/mol. The molecule has 6 heteroatoms. The first-order valence-corrected chi connectivity index (χ1v) is 11.0. The van der Waals surface area contributed by atoms with Crippen molar-refractivity contribution >= 4 is 11.9 Å². The topological polar surface area (TPSA) is 93.1 Å². The van der Waals surface area contributed by atoms with Crippen LogP contribution in [0.2, 0.25) is 0 Å². The Kier molecular flexibility index (Phi) is 5.10. The van der Waals surface area contributed by atoms with Gasteiger partial charge in [0.2, 0.25) is 0 Å². The fourth-order valence-corrected chi connectivity index (χ4v) is 7.24. The maximum absolute atomic E-state index is 11.5. The minimum Gasteiger partial charge on any atom is -0.462 e. The number of ether oxygens (including phenoxy) is 2. The van der Waals surface area contributed by atoms with Gasteiger partial charge in [0.05, 0.1) is 12.2 Å². The summed E-state index contributed by atoms with van der Waals surface area (Å²) < 4.78 is 10.9. The summed E-state index contributed by atoms with van der Waals surface area (Å²) in [6.45, 7) is 7.21. The highest BCUT2D eigenvalue weighted by molar-refractivity contribution is 5.66. The Hall–Kier alpha value is -1.40. The highest BCUT2D eigenvalue weighted by Crippen LogP contribution is 2.65. The van der Waals surface area contributed by atoms with Crippen molar-refractivity contribution in [3.05, 3.63) is 11.6 Å². The number of aliphatic hydroxyl groups excluding tert-OH is 2. The molecule has 29 heavy (non-hydrogen) atoms. The Labute approximate surface area is 172 Å². The molecule has 0 aromatic rings. The number of aliphatic hydroxyl groups is 2. The third-order valence-electron chi connectivity index (χ3n) is 8.69. The number of hydrogen-bond acceptors (Lipinski definition) is 6. The summed E-state index contributed by atoms with van der Waals surface area (Å²) in [7, 11) is 0. The molecule has 4 aliphatic rings. The molecule has 6 nitrogen and oxygen atoms in total. The number of rotatable bonds is 2. The first-order chi connectivity index (χ1) is 13.6. The molecule has 0 radical (unpaired) electrons. The average Bonchev–Trinajstić information content (AvgIpc) is 2.87. The molecule has 4 rings (SSSR count). The molecule has 3 saturated carbocycles. The van der Waals surface area contributed by atoms with Gasteiger partial charge in [0.25, 0.3) is 0 Å². The Bertz CT molecular complexity index is 731. The lowest BCUT2D eigenvalue weighted by Crippen LogP contribution is -2.55. The summed E-state index contributed by atoms with van der Waals surface area (Å²) in [5.74, 6) is -0.148. The van der Waals surface area contributed by atoms with Gasteiger partial charge in [-0.25, -0.2) is 0 Å². The lowest BCUT2D eigenvalue weighted by Gasteiger charge is -2.58. The van der Waals surface area contributed by atoms with Crippen LogP contribution in [0.3, 0.4) is 0 Å². The van der Waals surface area contributed by atoms with Crippen molar-refractivity contribution in [1.29, 1.82) is 0 Å². The van der Waals surface area contributed by atoms with Crippen molar-refractivity contribution in [2.45, 2.75) is 90.6 Å². The van der Waals surface area contributed by atoms with E-state index in [1.165, 1.54) is 19.4 Å². The molecule has 0 bridgehead atoms. The fraction of sp³-hybridized carbons (Fsp3) is 0.826. The van der Waals surface area contributed by atoms with E-state index in [1.807, 2.05) is 6.08 Å². The van der Waals surface area contributed by atoms with Gasteiger partial charge in [-0.1, -0.05) is 25.5 Å². The van der Waals surface area contributed by atoms with Crippen molar-refractivity contribution in [2.75, 3.05) is 0 Å². The second-order valence-electron chi connectivity index (χ2n) is 10.2. The van der Waals surface area contributed by atoms with E-state index in [2.05, 4.69) is 13.8 Å². The standard InChI is InChI=1S/C23H34O6/c1-12(24)28-15-5-7-22(3)14(9-15)10-18(26)20-16(22)6-8-23(4)17(20)11-19(21(23)27)29-13(2)25/h10,15-21,26-27H,5-9,11H2,1-4H3/t15-,16?,17?,18+,19-,20?,21+,22+,23+/m1/s1. The maximum Gasteiger partial charge on any atom is 0.302 e. The number of carbonyl (C=O) groups is 2. The van der Waals surface area contributed by atoms with Crippen LogP contribution in [-0.2, 0) is 19.1 Å². The van der Waals surface area contributed by atoms with Gasteiger partial charge in [0.1, 0.15) is 12.2 Å². The zero-order chi connectivity index (χ0) is 21.1. The molecular formula is C23H34O6. The number of esters is 2. The third-order valence-corrected chi connectivity index (χ3v) is 8.69. The van der Waals surface area contributed by atoms with Crippen LogP contribution in [0.4, 0.5) is 0 Å². The molecule has 3 fully saturated rings. The Morgan fingerprint density at radius 3 is 2.38 bits per heavy atom. The molecule has 0 amide bonds. The molecule has 2 N–H and O–H groups in total. The maximum atomic E-state index is 11.5. The first-order valence-electron chi connectivity index (χ1n) is 11.0. The van der Waals surface area contributed by atoms with Crippen LogP contribution in [0.15, 0.2) is 11.6 Å². The van der Waals surface area contributed by atoms with Crippen LogP contribution in [0.1, 0.15) is 66.2 Å². The summed E-state index contributed by atoms with van der Waals surface area (Å²) in [6, 6.07) is 0. The Morgan fingerprint density at radius 1 is 1.03 bits per heavy atom. The van der Waals surface area contributed by atoms with Crippen LogP contribution in [0.5, 0.6) is 0 Å². The van der Waals surface area contributed by atoms with E-state index in [4.69, 9.17) is 9.47 Å². The molecule has 162 valence electrons. The van der Waals surface area contributed by atoms with Crippen LogP contribution < -0.4 is 0 Å². The molecule has 9 atom stereocenters. The summed E-state index contributed by atoms with van der Waals surface area (Å²) in [5, 5.41) is 22.1. The van der Waals surface area contributed by atoms with E-state index >= 15 is 0 Å². The van der Waals surface area contributed by atoms with Gasteiger partial charge in [-0.2, -0.15) is 0 Å². The van der Waals surface area contributed by atoms with Crippen molar-refractivity contribution in [3.8, 4) is 0 Å². The molecule has 4 aliphatic carbocycles. The van der Waals surface area contributed by atoms with Crippen molar-refractivity contribution in [1.82, 2.24) is 0 Å². The molecular weight excluding hydrogens is 372 g/mol. The van der Waals surface area contributed by atoms with E-state index in [-0.39, 0.29) is 40.7 Å². The largest absolute Gasteiger partial charge is 0.462 e. The number of hydrogen-bond donors (Lipinski definition) is 2. The number of carbonyl (C=O) groups excluding carboxylic acids is 2. The first kappa shape index (κ1) is 20.9. The minimum absolute atomic E-state index is 0.0215.